The van der Waals surface area contributed by atoms with Crippen LogP contribution in [0.1, 0.15) is 39.2 Å². The minimum Gasteiger partial charge on any atom is -0.482 e. The molecule has 0 bridgehead atoms. The third-order valence-corrected chi connectivity index (χ3v) is 2.25. The van der Waals surface area contributed by atoms with Crippen molar-refractivity contribution >= 4 is 5.97 Å². The van der Waals surface area contributed by atoms with Crippen LogP contribution in [0.5, 0.6) is 5.75 Å². The topological polar surface area (TPSA) is 35.5 Å². The number of hydrogen-bond donors (Lipinski definition) is 0. The lowest BCUT2D eigenvalue weighted by atomic mass is 10.0. The number of carbonyl (C=O) groups is 1. The molecule has 94 valence electrons. The molecule has 0 aromatic heterocycles. The first-order valence-corrected chi connectivity index (χ1v) is 5.91. The highest BCUT2D eigenvalue weighted by molar-refractivity contribution is 5.71. The maximum absolute atomic E-state index is 11.3. The second-order valence-electron chi connectivity index (χ2n) is 4.55. The molecular weight excluding hydrogens is 216 g/mol. The molecule has 0 saturated heterocycles. The van der Waals surface area contributed by atoms with Crippen molar-refractivity contribution < 1.29 is 14.3 Å². The van der Waals surface area contributed by atoms with E-state index in [1.807, 2.05) is 38.1 Å². The van der Waals surface area contributed by atoms with Crippen molar-refractivity contribution in [2.45, 2.75) is 39.7 Å². The van der Waals surface area contributed by atoms with Gasteiger partial charge in [-0.2, -0.15) is 0 Å². The predicted molar refractivity (Wildman–Crippen MR) is 67.3 cm³/mol. The average Bonchev–Trinajstić information content (AvgIpc) is 2.26. The van der Waals surface area contributed by atoms with Crippen LogP contribution >= 0.6 is 0 Å². The summed E-state index contributed by atoms with van der Waals surface area (Å²) < 4.78 is 10.4. The maximum Gasteiger partial charge on any atom is 0.344 e. The minimum absolute atomic E-state index is 0.0419. The monoisotopic (exact) mass is 236 g/mol. The maximum atomic E-state index is 11.3. The molecule has 0 N–H and O–H groups in total. The van der Waals surface area contributed by atoms with Gasteiger partial charge in [-0.1, -0.05) is 26.0 Å². The highest BCUT2D eigenvalue weighted by Gasteiger charge is 2.07. The average molecular weight is 236 g/mol. The summed E-state index contributed by atoms with van der Waals surface area (Å²) in [5.41, 5.74) is 1.19. The van der Waals surface area contributed by atoms with Crippen LogP contribution in [-0.4, -0.2) is 18.7 Å². The summed E-state index contributed by atoms with van der Waals surface area (Å²) in [4.78, 5) is 11.3. The van der Waals surface area contributed by atoms with Gasteiger partial charge in [0.2, 0.25) is 0 Å². The summed E-state index contributed by atoms with van der Waals surface area (Å²) >= 11 is 0. The Morgan fingerprint density at radius 2 is 1.94 bits per heavy atom. The van der Waals surface area contributed by atoms with Gasteiger partial charge in [0.05, 0.1) is 6.10 Å². The molecule has 0 unspecified atom stereocenters. The van der Waals surface area contributed by atoms with Gasteiger partial charge < -0.3 is 9.47 Å². The third kappa shape index (κ3) is 4.89. The van der Waals surface area contributed by atoms with Crippen molar-refractivity contribution in [1.82, 2.24) is 0 Å². The van der Waals surface area contributed by atoms with E-state index in [0.29, 0.717) is 11.7 Å². The van der Waals surface area contributed by atoms with Crippen molar-refractivity contribution in [3.63, 3.8) is 0 Å². The Morgan fingerprint density at radius 1 is 1.24 bits per heavy atom. The van der Waals surface area contributed by atoms with E-state index in [0.717, 1.165) is 0 Å². The van der Waals surface area contributed by atoms with E-state index >= 15 is 0 Å². The van der Waals surface area contributed by atoms with Crippen molar-refractivity contribution in [2.24, 2.45) is 0 Å². The SMILES string of the molecule is CC(C)OC(=O)COc1cccc(C(C)C)c1. The molecule has 0 fully saturated rings. The molecule has 1 aromatic rings. The normalized spacial score (nSPS) is 10.7. The molecular formula is C14H20O3. The molecule has 3 heteroatoms. The number of carbonyl (C=O) groups excluding carboxylic acids is 1. The molecule has 0 aliphatic heterocycles. The summed E-state index contributed by atoms with van der Waals surface area (Å²) in [6, 6.07) is 7.77. The highest BCUT2D eigenvalue weighted by Crippen LogP contribution is 2.20. The fourth-order valence-electron chi connectivity index (χ4n) is 1.40. The van der Waals surface area contributed by atoms with E-state index in [9.17, 15) is 4.79 Å². The molecule has 0 saturated carbocycles. The first-order chi connectivity index (χ1) is 7.99. The zero-order valence-electron chi connectivity index (χ0n) is 10.9. The molecule has 3 nitrogen and oxygen atoms in total. The van der Waals surface area contributed by atoms with Gasteiger partial charge in [0.25, 0.3) is 0 Å². The lowest BCUT2D eigenvalue weighted by molar-refractivity contribution is -0.149. The van der Waals surface area contributed by atoms with Crippen molar-refractivity contribution in [1.29, 1.82) is 0 Å². The summed E-state index contributed by atoms with van der Waals surface area (Å²) in [6.07, 6.45) is -0.104. The first-order valence-electron chi connectivity index (χ1n) is 5.91. The van der Waals surface area contributed by atoms with Gasteiger partial charge in [0.1, 0.15) is 5.75 Å². The standard InChI is InChI=1S/C14H20O3/c1-10(2)12-6-5-7-13(8-12)16-9-14(15)17-11(3)4/h5-8,10-11H,9H2,1-4H3. The third-order valence-electron chi connectivity index (χ3n) is 2.25. The van der Waals surface area contributed by atoms with Gasteiger partial charge in [-0.15, -0.1) is 0 Å². The number of rotatable bonds is 5. The van der Waals surface area contributed by atoms with Gasteiger partial charge in [-0.05, 0) is 37.5 Å². The Balaban J connectivity index is 2.52. The number of esters is 1. The summed E-state index contributed by atoms with van der Waals surface area (Å²) in [5.74, 6) is 0.813. The zero-order valence-corrected chi connectivity index (χ0v) is 10.9. The van der Waals surface area contributed by atoms with Gasteiger partial charge >= 0.3 is 5.97 Å². The summed E-state index contributed by atoms with van der Waals surface area (Å²) in [5, 5.41) is 0. The van der Waals surface area contributed by atoms with E-state index < -0.39 is 0 Å². The Kier molecular flexibility index (Phi) is 5.01. The smallest absolute Gasteiger partial charge is 0.344 e. The van der Waals surface area contributed by atoms with Crippen LogP contribution in [0.4, 0.5) is 0 Å². The first kappa shape index (κ1) is 13.6. The van der Waals surface area contributed by atoms with Crippen molar-refractivity contribution in [3.8, 4) is 5.75 Å². The molecule has 0 amide bonds. The molecule has 1 rings (SSSR count). The number of benzene rings is 1. The minimum atomic E-state index is -0.338. The van der Waals surface area contributed by atoms with Crippen LogP contribution in [-0.2, 0) is 9.53 Å². The van der Waals surface area contributed by atoms with Crippen LogP contribution in [0.25, 0.3) is 0 Å². The van der Waals surface area contributed by atoms with Crippen LogP contribution in [0.15, 0.2) is 24.3 Å². The fraction of sp³-hybridized carbons (Fsp3) is 0.500. The van der Waals surface area contributed by atoms with Crippen LogP contribution < -0.4 is 4.74 Å². The summed E-state index contributed by atoms with van der Waals surface area (Å²) in [7, 11) is 0. The van der Waals surface area contributed by atoms with Crippen molar-refractivity contribution in [2.75, 3.05) is 6.61 Å². The zero-order chi connectivity index (χ0) is 12.8. The van der Waals surface area contributed by atoms with Gasteiger partial charge in [0.15, 0.2) is 6.61 Å². The van der Waals surface area contributed by atoms with E-state index in [4.69, 9.17) is 9.47 Å². The molecule has 17 heavy (non-hydrogen) atoms. The van der Waals surface area contributed by atoms with Gasteiger partial charge in [0, 0.05) is 0 Å². The lowest BCUT2D eigenvalue weighted by Crippen LogP contribution is -2.18. The molecule has 0 spiro atoms. The fourth-order valence-corrected chi connectivity index (χ4v) is 1.40. The number of hydrogen-bond acceptors (Lipinski definition) is 3. The molecule has 1 aromatic carbocycles. The molecule has 0 heterocycles. The van der Waals surface area contributed by atoms with Crippen LogP contribution in [0, 0.1) is 0 Å². The van der Waals surface area contributed by atoms with E-state index in [1.54, 1.807) is 0 Å². The Hall–Kier alpha value is -1.51. The van der Waals surface area contributed by atoms with E-state index in [-0.39, 0.29) is 18.7 Å². The predicted octanol–water partition coefficient (Wildman–Crippen LogP) is 3.14. The van der Waals surface area contributed by atoms with Gasteiger partial charge in [-0.3, -0.25) is 0 Å². The molecule has 0 aliphatic rings. The largest absolute Gasteiger partial charge is 0.482 e. The second kappa shape index (κ2) is 6.28. The molecule has 0 atom stereocenters. The number of ether oxygens (including phenoxy) is 2. The Morgan fingerprint density at radius 3 is 2.53 bits per heavy atom. The van der Waals surface area contributed by atoms with Crippen molar-refractivity contribution in [3.05, 3.63) is 29.8 Å². The van der Waals surface area contributed by atoms with E-state index in [2.05, 4.69) is 13.8 Å². The van der Waals surface area contributed by atoms with E-state index in [1.165, 1.54) is 5.56 Å². The Bertz CT molecular complexity index is 369. The Labute approximate surface area is 103 Å². The molecule has 0 radical (unpaired) electrons. The second-order valence-corrected chi connectivity index (χ2v) is 4.55. The quantitative estimate of drug-likeness (QED) is 0.737. The van der Waals surface area contributed by atoms with Crippen LogP contribution in [0.3, 0.4) is 0 Å². The summed E-state index contributed by atoms with van der Waals surface area (Å²) in [6.45, 7) is 7.83. The lowest BCUT2D eigenvalue weighted by Gasteiger charge is -2.11. The van der Waals surface area contributed by atoms with Crippen LogP contribution in [0.2, 0.25) is 0 Å². The highest BCUT2D eigenvalue weighted by atomic mass is 16.6. The molecule has 0 aliphatic carbocycles. The van der Waals surface area contributed by atoms with Gasteiger partial charge in [-0.25, -0.2) is 4.79 Å².